The molecular formula is C46H27N3O. The molecule has 0 radical (unpaired) electrons. The minimum absolute atomic E-state index is 0.572. The fraction of sp³-hybridized carbons (Fsp3) is 0. The van der Waals surface area contributed by atoms with Crippen molar-refractivity contribution in [1.29, 1.82) is 0 Å². The first-order valence-electron chi connectivity index (χ1n) is 16.9. The smallest absolute Gasteiger partial charge is 0.227 e. The number of aromatic nitrogens is 3. The van der Waals surface area contributed by atoms with Crippen LogP contribution >= 0.6 is 0 Å². The predicted octanol–water partition coefficient (Wildman–Crippen LogP) is 12.3. The van der Waals surface area contributed by atoms with Gasteiger partial charge in [-0.15, -0.1) is 0 Å². The van der Waals surface area contributed by atoms with Crippen LogP contribution < -0.4 is 0 Å². The van der Waals surface area contributed by atoms with Gasteiger partial charge in [-0.3, -0.25) is 4.98 Å². The Balaban J connectivity index is 1.21. The maximum atomic E-state index is 6.44. The van der Waals surface area contributed by atoms with E-state index in [0.29, 0.717) is 5.89 Å². The molecule has 0 aliphatic heterocycles. The average Bonchev–Trinajstić information content (AvgIpc) is 3.78. The zero-order valence-corrected chi connectivity index (χ0v) is 26.8. The highest BCUT2D eigenvalue weighted by Crippen LogP contribution is 2.42. The van der Waals surface area contributed by atoms with Crippen LogP contribution in [-0.2, 0) is 0 Å². The molecule has 3 heterocycles. The Bertz CT molecular complexity index is 3080. The predicted molar refractivity (Wildman–Crippen MR) is 207 cm³/mol. The number of hydrogen-bond acceptors (Lipinski definition) is 3. The summed E-state index contributed by atoms with van der Waals surface area (Å²) in [6.07, 6.45) is 1.81. The summed E-state index contributed by atoms with van der Waals surface area (Å²) in [5.41, 5.74) is 8.88. The molecule has 0 saturated carbocycles. The van der Waals surface area contributed by atoms with Crippen molar-refractivity contribution in [3.63, 3.8) is 0 Å². The van der Waals surface area contributed by atoms with Crippen LogP contribution in [0, 0.1) is 0 Å². The Kier molecular flexibility index (Phi) is 5.63. The quantitative estimate of drug-likeness (QED) is 0.181. The molecule has 0 unspecified atom stereocenters. The van der Waals surface area contributed by atoms with Gasteiger partial charge < -0.3 is 8.98 Å². The van der Waals surface area contributed by atoms with Gasteiger partial charge in [-0.05, 0) is 86.4 Å². The molecule has 0 aliphatic carbocycles. The molecule has 50 heavy (non-hydrogen) atoms. The number of rotatable bonds is 3. The first kappa shape index (κ1) is 27.2. The molecule has 11 aromatic rings. The lowest BCUT2D eigenvalue weighted by Gasteiger charge is -2.17. The van der Waals surface area contributed by atoms with E-state index < -0.39 is 0 Å². The zero-order chi connectivity index (χ0) is 32.8. The molecule has 0 saturated heterocycles. The number of para-hydroxylation sites is 2. The van der Waals surface area contributed by atoms with Gasteiger partial charge in [0.2, 0.25) is 5.89 Å². The van der Waals surface area contributed by atoms with Crippen molar-refractivity contribution < 1.29 is 4.42 Å². The molecule has 0 atom stereocenters. The summed E-state index contributed by atoms with van der Waals surface area (Å²) in [5.74, 6) is 0.572. The van der Waals surface area contributed by atoms with Gasteiger partial charge in [-0.2, -0.15) is 0 Å². The number of oxazole rings is 1. The summed E-state index contributed by atoms with van der Waals surface area (Å²) in [7, 11) is 0. The summed E-state index contributed by atoms with van der Waals surface area (Å²) < 4.78 is 8.84. The second-order valence-corrected chi connectivity index (χ2v) is 13.0. The van der Waals surface area contributed by atoms with E-state index in [-0.39, 0.29) is 0 Å². The van der Waals surface area contributed by atoms with E-state index >= 15 is 0 Å². The van der Waals surface area contributed by atoms with Crippen molar-refractivity contribution in [1.82, 2.24) is 14.5 Å². The lowest BCUT2D eigenvalue weighted by molar-refractivity contribution is 0.620. The van der Waals surface area contributed by atoms with Crippen LogP contribution in [0.2, 0.25) is 0 Å². The molecule has 8 aromatic carbocycles. The van der Waals surface area contributed by atoms with E-state index in [0.717, 1.165) is 55.4 Å². The molecule has 0 amide bonds. The van der Waals surface area contributed by atoms with Gasteiger partial charge in [-0.25, -0.2) is 4.98 Å². The highest BCUT2D eigenvalue weighted by molar-refractivity contribution is 6.26. The van der Waals surface area contributed by atoms with E-state index in [2.05, 4.69) is 149 Å². The van der Waals surface area contributed by atoms with Crippen molar-refractivity contribution in [3.8, 4) is 28.3 Å². The van der Waals surface area contributed by atoms with E-state index in [1.54, 1.807) is 6.20 Å². The molecule has 232 valence electrons. The molecule has 4 heteroatoms. The van der Waals surface area contributed by atoms with Gasteiger partial charge in [0.25, 0.3) is 0 Å². The number of fused-ring (bicyclic) bond motifs is 12. The van der Waals surface area contributed by atoms with Crippen LogP contribution in [0.15, 0.2) is 168 Å². The zero-order valence-electron chi connectivity index (χ0n) is 26.8. The summed E-state index contributed by atoms with van der Waals surface area (Å²) in [5, 5.41) is 11.0. The third-order valence-corrected chi connectivity index (χ3v) is 10.3. The van der Waals surface area contributed by atoms with Crippen LogP contribution in [0.1, 0.15) is 0 Å². The Morgan fingerprint density at radius 1 is 0.440 bits per heavy atom. The summed E-state index contributed by atoms with van der Waals surface area (Å²) in [4.78, 5) is 9.66. The standard InChI is InChI=1S/C46H27N3O/c1-2-13-34-32(11-1)33-12-3-4-14-35(33)39-26-29(19-23-36(34)39)31-22-20-30(46-48-45-43(50-46)24-21-28-10-9-25-47-44(28)45)27-42(31)49-40-17-7-5-15-37(40)38-16-6-8-18-41(38)49/h1-27H. The van der Waals surface area contributed by atoms with Crippen molar-refractivity contribution in [2.75, 3.05) is 0 Å². The normalized spacial score (nSPS) is 12.0. The lowest BCUT2D eigenvalue weighted by atomic mass is 9.91. The van der Waals surface area contributed by atoms with E-state index in [1.807, 2.05) is 18.2 Å². The molecule has 0 N–H and O–H groups in total. The first-order valence-corrected chi connectivity index (χ1v) is 16.9. The van der Waals surface area contributed by atoms with Crippen LogP contribution in [0.25, 0.3) is 104 Å². The molecule has 3 aromatic heterocycles. The summed E-state index contributed by atoms with van der Waals surface area (Å²) >= 11 is 0. The molecule has 0 aliphatic rings. The van der Waals surface area contributed by atoms with Gasteiger partial charge in [-0.1, -0.05) is 109 Å². The monoisotopic (exact) mass is 637 g/mol. The van der Waals surface area contributed by atoms with E-state index in [1.165, 1.54) is 43.1 Å². The fourth-order valence-corrected chi connectivity index (χ4v) is 8.00. The SMILES string of the molecule is c1cnc2c(c1)ccc1oc(-c3ccc(-c4ccc5c6ccccc6c6ccccc6c5c4)c(-n4c5ccccc5c5ccccc54)c3)nc12. The highest BCUT2D eigenvalue weighted by atomic mass is 16.3. The van der Waals surface area contributed by atoms with Crippen LogP contribution in [0.4, 0.5) is 0 Å². The van der Waals surface area contributed by atoms with E-state index in [9.17, 15) is 0 Å². The van der Waals surface area contributed by atoms with Gasteiger partial charge in [0.1, 0.15) is 5.52 Å². The maximum absolute atomic E-state index is 6.44. The van der Waals surface area contributed by atoms with E-state index in [4.69, 9.17) is 9.40 Å². The number of nitrogens with zero attached hydrogens (tertiary/aromatic N) is 3. The van der Waals surface area contributed by atoms with Crippen molar-refractivity contribution in [2.45, 2.75) is 0 Å². The highest BCUT2D eigenvalue weighted by Gasteiger charge is 2.20. The second-order valence-electron chi connectivity index (χ2n) is 13.0. The van der Waals surface area contributed by atoms with Gasteiger partial charge in [0.05, 0.1) is 22.2 Å². The van der Waals surface area contributed by atoms with Crippen LogP contribution in [0.3, 0.4) is 0 Å². The molecule has 0 spiro atoms. The molecule has 0 fully saturated rings. The molecular weight excluding hydrogens is 611 g/mol. The molecule has 4 nitrogen and oxygen atoms in total. The molecule has 11 rings (SSSR count). The number of hydrogen-bond donors (Lipinski definition) is 0. The van der Waals surface area contributed by atoms with Crippen molar-refractivity contribution in [2.24, 2.45) is 0 Å². The minimum atomic E-state index is 0.572. The van der Waals surface area contributed by atoms with Crippen LogP contribution in [0.5, 0.6) is 0 Å². The van der Waals surface area contributed by atoms with Crippen molar-refractivity contribution in [3.05, 3.63) is 164 Å². The maximum Gasteiger partial charge on any atom is 0.227 e. The Morgan fingerprint density at radius 3 is 1.74 bits per heavy atom. The fourth-order valence-electron chi connectivity index (χ4n) is 8.00. The van der Waals surface area contributed by atoms with Gasteiger partial charge in [0.15, 0.2) is 5.58 Å². The number of benzene rings is 8. The molecule has 0 bridgehead atoms. The Labute approximate surface area is 286 Å². The minimum Gasteiger partial charge on any atom is -0.436 e. The number of pyridine rings is 1. The largest absolute Gasteiger partial charge is 0.436 e. The Morgan fingerprint density at radius 2 is 1.04 bits per heavy atom. The lowest BCUT2D eigenvalue weighted by Crippen LogP contribution is -1.98. The second kappa shape index (κ2) is 10.4. The Hall–Kier alpha value is -6.78. The summed E-state index contributed by atoms with van der Waals surface area (Å²) in [6, 6.07) is 56.4. The average molecular weight is 638 g/mol. The van der Waals surface area contributed by atoms with Gasteiger partial charge >= 0.3 is 0 Å². The van der Waals surface area contributed by atoms with Crippen LogP contribution in [-0.4, -0.2) is 14.5 Å². The van der Waals surface area contributed by atoms with Gasteiger partial charge in [0, 0.05) is 33.5 Å². The first-order chi connectivity index (χ1) is 24.8. The topological polar surface area (TPSA) is 43.9 Å². The summed E-state index contributed by atoms with van der Waals surface area (Å²) in [6.45, 7) is 0. The third kappa shape index (κ3) is 3.87. The third-order valence-electron chi connectivity index (χ3n) is 10.3. The van der Waals surface area contributed by atoms with Crippen molar-refractivity contribution >= 4 is 76.1 Å².